The molecule has 0 aliphatic heterocycles. The lowest BCUT2D eigenvalue weighted by Gasteiger charge is -2.08. The maximum absolute atomic E-state index is 10.4. The predicted molar refractivity (Wildman–Crippen MR) is 46.8 cm³/mol. The first kappa shape index (κ1) is 10.8. The molecule has 1 atom stereocenters. The van der Waals surface area contributed by atoms with Gasteiger partial charge in [0.25, 0.3) is 0 Å². The van der Waals surface area contributed by atoms with Gasteiger partial charge in [-0.25, -0.2) is 4.79 Å². The second-order valence-corrected chi connectivity index (χ2v) is 2.92. The fourth-order valence-corrected chi connectivity index (χ4v) is 1.22. The molecule has 0 heterocycles. The van der Waals surface area contributed by atoms with Crippen LogP contribution in [0.1, 0.15) is 0 Å². The Bertz CT molecular complexity index is 199. The Kier molecular flexibility index (Phi) is 5.93. The van der Waals surface area contributed by atoms with E-state index in [9.17, 15) is 9.59 Å². The van der Waals surface area contributed by atoms with Crippen molar-refractivity contribution in [2.75, 3.05) is 11.5 Å². The van der Waals surface area contributed by atoms with Crippen LogP contribution in [0.15, 0.2) is 0 Å². The van der Waals surface area contributed by atoms with Gasteiger partial charge in [0.05, 0.1) is 5.75 Å². The Morgan fingerprint density at radius 1 is 1.83 bits per heavy atom. The van der Waals surface area contributed by atoms with Crippen LogP contribution in [0.25, 0.3) is 0 Å². The smallest absolute Gasteiger partial charge is 0.327 e. The zero-order valence-corrected chi connectivity index (χ0v) is 7.13. The van der Waals surface area contributed by atoms with Crippen molar-refractivity contribution in [1.29, 1.82) is 0 Å². The molecule has 1 amide bonds. The number of hydrogen-bond acceptors (Lipinski definition) is 3. The number of thioether (sulfide) groups is 1. The summed E-state index contributed by atoms with van der Waals surface area (Å²) in [6, 6.07) is -0.846. The van der Waals surface area contributed by atoms with E-state index in [1.807, 2.05) is 0 Å². The number of hydrogen-bond donors (Lipinski definition) is 2. The van der Waals surface area contributed by atoms with E-state index in [1.165, 1.54) is 11.8 Å². The number of carbonyl (C=O) groups excluding carboxylic acids is 1. The number of amides is 1. The van der Waals surface area contributed by atoms with Gasteiger partial charge in [0.1, 0.15) is 6.04 Å². The number of rotatable bonds is 6. The number of carbonyl (C=O) groups is 2. The first-order valence-electron chi connectivity index (χ1n) is 3.16. The quantitative estimate of drug-likeness (QED) is 0.336. The third-order valence-electron chi connectivity index (χ3n) is 1.04. The van der Waals surface area contributed by atoms with Crippen LogP contribution < -0.4 is 5.32 Å². The lowest BCUT2D eigenvalue weighted by molar-refractivity contribution is -0.139. The highest BCUT2D eigenvalue weighted by molar-refractivity contribution is 7.99. The third kappa shape index (κ3) is 4.63. The molecule has 0 aromatic heterocycles. The molecule has 0 bridgehead atoms. The van der Waals surface area contributed by atoms with Crippen LogP contribution in [0.4, 0.5) is 0 Å². The zero-order chi connectivity index (χ0) is 9.40. The van der Waals surface area contributed by atoms with Crippen LogP contribution in [-0.2, 0) is 9.59 Å². The molecule has 5 heteroatoms. The fourth-order valence-electron chi connectivity index (χ4n) is 0.509. The first-order chi connectivity index (χ1) is 5.72. The van der Waals surface area contributed by atoms with Gasteiger partial charge in [0.15, 0.2) is 0 Å². The molecule has 0 aromatic rings. The minimum absolute atomic E-state index is 0.290. The van der Waals surface area contributed by atoms with Crippen LogP contribution >= 0.6 is 11.8 Å². The van der Waals surface area contributed by atoms with Crippen LogP contribution in [0.3, 0.4) is 0 Å². The summed E-state index contributed by atoms with van der Waals surface area (Å²) in [5, 5.41) is 10.7. The predicted octanol–water partition coefficient (Wildman–Crippen LogP) is -0.448. The average Bonchev–Trinajstić information content (AvgIpc) is 2.03. The Hall–Kier alpha value is -1.15. The summed E-state index contributed by atoms with van der Waals surface area (Å²) in [4.78, 5) is 20.3. The van der Waals surface area contributed by atoms with Crippen LogP contribution in [0.2, 0.25) is 0 Å². The van der Waals surface area contributed by atoms with E-state index >= 15 is 0 Å². The second-order valence-electron chi connectivity index (χ2n) is 1.89. The van der Waals surface area contributed by atoms with Gasteiger partial charge in [-0.2, -0.15) is 0 Å². The Labute approximate surface area is 74.7 Å². The lowest BCUT2D eigenvalue weighted by Crippen LogP contribution is -2.37. The summed E-state index contributed by atoms with van der Waals surface area (Å²) in [6.07, 6.45) is 5.33. The molecule has 0 aliphatic rings. The van der Waals surface area contributed by atoms with Gasteiger partial charge in [-0.3, -0.25) is 4.79 Å². The zero-order valence-electron chi connectivity index (χ0n) is 6.32. The molecule has 0 rings (SSSR count). The van der Waals surface area contributed by atoms with Crippen LogP contribution in [0.5, 0.6) is 0 Å². The van der Waals surface area contributed by atoms with E-state index in [0.717, 1.165) is 0 Å². The highest BCUT2D eigenvalue weighted by atomic mass is 32.2. The van der Waals surface area contributed by atoms with E-state index in [-0.39, 0.29) is 5.75 Å². The van der Waals surface area contributed by atoms with Crippen molar-refractivity contribution in [2.24, 2.45) is 0 Å². The van der Waals surface area contributed by atoms with Gasteiger partial charge >= 0.3 is 5.97 Å². The molecule has 0 aliphatic carbocycles. The highest BCUT2D eigenvalue weighted by Crippen LogP contribution is 2.01. The van der Waals surface area contributed by atoms with E-state index in [4.69, 9.17) is 11.5 Å². The van der Waals surface area contributed by atoms with E-state index in [1.54, 1.807) is 0 Å². The largest absolute Gasteiger partial charge is 0.480 e. The molecule has 0 saturated carbocycles. The number of carboxylic acid groups (broad SMARTS) is 1. The topological polar surface area (TPSA) is 66.4 Å². The summed E-state index contributed by atoms with van der Waals surface area (Å²) in [5.41, 5.74) is 0. The standard InChI is InChI=1S/C7H9NO3S/c1-2-3-12-4-6(7(10)11)8-5-9/h1,5-6H,3-4H2,(H,8,9)(H,10,11). The maximum atomic E-state index is 10.4. The van der Waals surface area contributed by atoms with Gasteiger partial charge in [-0.1, -0.05) is 5.92 Å². The summed E-state index contributed by atoms with van der Waals surface area (Å²) in [6.45, 7) is 0. The molecular formula is C7H9NO3S. The van der Waals surface area contributed by atoms with Crippen molar-refractivity contribution in [3.8, 4) is 12.3 Å². The molecule has 66 valence electrons. The van der Waals surface area contributed by atoms with Crippen molar-refractivity contribution in [1.82, 2.24) is 5.32 Å². The summed E-state index contributed by atoms with van der Waals surface area (Å²) in [7, 11) is 0. The van der Waals surface area contributed by atoms with Crippen molar-refractivity contribution in [3.63, 3.8) is 0 Å². The summed E-state index contributed by atoms with van der Waals surface area (Å²) >= 11 is 1.29. The molecular weight excluding hydrogens is 178 g/mol. The van der Waals surface area contributed by atoms with Gasteiger partial charge in [0, 0.05) is 5.75 Å². The van der Waals surface area contributed by atoms with Crippen molar-refractivity contribution in [3.05, 3.63) is 0 Å². The molecule has 4 nitrogen and oxygen atoms in total. The minimum Gasteiger partial charge on any atom is -0.480 e. The molecule has 12 heavy (non-hydrogen) atoms. The van der Waals surface area contributed by atoms with Gasteiger partial charge in [-0.05, 0) is 0 Å². The number of terminal acetylenes is 1. The minimum atomic E-state index is -1.05. The van der Waals surface area contributed by atoms with Gasteiger partial charge in [-0.15, -0.1) is 18.2 Å². The second kappa shape index (κ2) is 6.55. The summed E-state index contributed by atoms with van der Waals surface area (Å²) in [5.74, 6) is 2.05. The highest BCUT2D eigenvalue weighted by Gasteiger charge is 2.14. The SMILES string of the molecule is C#CCSCC(NC=O)C(=O)O. The Balaban J connectivity index is 3.72. The van der Waals surface area contributed by atoms with E-state index < -0.39 is 12.0 Å². The normalized spacial score (nSPS) is 11.2. The molecule has 2 N–H and O–H groups in total. The van der Waals surface area contributed by atoms with Gasteiger partial charge < -0.3 is 10.4 Å². The Morgan fingerprint density at radius 2 is 2.50 bits per heavy atom. The number of nitrogens with one attached hydrogen (secondary N) is 1. The number of aliphatic carboxylic acids is 1. The lowest BCUT2D eigenvalue weighted by atomic mass is 10.3. The molecule has 1 unspecified atom stereocenters. The monoisotopic (exact) mass is 187 g/mol. The maximum Gasteiger partial charge on any atom is 0.327 e. The van der Waals surface area contributed by atoms with E-state index in [0.29, 0.717) is 12.2 Å². The first-order valence-corrected chi connectivity index (χ1v) is 4.31. The molecule has 0 fully saturated rings. The van der Waals surface area contributed by atoms with Crippen molar-refractivity contribution < 1.29 is 14.7 Å². The Morgan fingerprint density at radius 3 is 2.92 bits per heavy atom. The van der Waals surface area contributed by atoms with Crippen LogP contribution in [-0.4, -0.2) is 35.0 Å². The molecule has 0 aromatic carbocycles. The number of carboxylic acids is 1. The van der Waals surface area contributed by atoms with Gasteiger partial charge in [0.2, 0.25) is 6.41 Å². The van der Waals surface area contributed by atoms with Crippen molar-refractivity contribution in [2.45, 2.75) is 6.04 Å². The fraction of sp³-hybridized carbons (Fsp3) is 0.429. The van der Waals surface area contributed by atoms with Crippen LogP contribution in [0, 0.1) is 12.3 Å². The summed E-state index contributed by atoms with van der Waals surface area (Å²) < 4.78 is 0. The third-order valence-corrected chi connectivity index (χ3v) is 1.98. The molecule has 0 radical (unpaired) electrons. The van der Waals surface area contributed by atoms with E-state index in [2.05, 4.69) is 11.2 Å². The molecule has 0 spiro atoms. The average molecular weight is 187 g/mol. The molecule has 0 saturated heterocycles. The van der Waals surface area contributed by atoms with Crippen molar-refractivity contribution >= 4 is 24.1 Å².